The summed E-state index contributed by atoms with van der Waals surface area (Å²) in [5.74, 6) is 0. The van der Waals surface area contributed by atoms with E-state index in [-0.39, 0.29) is 6.04 Å². The minimum atomic E-state index is 0.249. The average molecular weight is 353 g/mol. The lowest BCUT2D eigenvalue weighted by Gasteiger charge is -2.13. The van der Waals surface area contributed by atoms with Gasteiger partial charge in [-0.3, -0.25) is 0 Å². The van der Waals surface area contributed by atoms with Crippen molar-refractivity contribution in [2.45, 2.75) is 52.1 Å². The van der Waals surface area contributed by atoms with E-state index in [1.165, 1.54) is 46.1 Å². The van der Waals surface area contributed by atoms with Crippen molar-refractivity contribution in [1.82, 2.24) is 20.1 Å². The number of rotatable bonds is 5. The zero-order chi connectivity index (χ0) is 17.2. The van der Waals surface area contributed by atoms with Gasteiger partial charge in [-0.2, -0.15) is 5.10 Å². The molecule has 3 aromatic rings. The molecule has 0 amide bonds. The second-order valence-electron chi connectivity index (χ2n) is 6.72. The molecule has 130 valence electrons. The van der Waals surface area contributed by atoms with Crippen LogP contribution >= 0.6 is 11.3 Å². The zero-order valence-electron chi connectivity index (χ0n) is 14.8. The number of fused-ring (bicyclic) bond motifs is 1. The Hall–Kier alpha value is -1.98. The van der Waals surface area contributed by atoms with Crippen LogP contribution in [0.5, 0.6) is 0 Å². The Morgan fingerprint density at radius 3 is 2.80 bits per heavy atom. The fourth-order valence-corrected chi connectivity index (χ4v) is 4.62. The first-order valence-electron chi connectivity index (χ1n) is 9.03. The van der Waals surface area contributed by atoms with Gasteiger partial charge in [-0.15, -0.1) is 11.3 Å². The van der Waals surface area contributed by atoms with Gasteiger partial charge in [-0.25, -0.2) is 9.67 Å². The van der Waals surface area contributed by atoms with Gasteiger partial charge in [0.15, 0.2) is 0 Å². The average Bonchev–Trinajstić information content (AvgIpc) is 3.23. The Morgan fingerprint density at radius 2 is 2.00 bits per heavy atom. The van der Waals surface area contributed by atoms with Crippen LogP contribution in [0.25, 0.3) is 5.69 Å². The molecule has 0 bridgehead atoms. The van der Waals surface area contributed by atoms with Gasteiger partial charge in [0.1, 0.15) is 5.01 Å². The van der Waals surface area contributed by atoms with E-state index in [1.807, 2.05) is 40.4 Å². The summed E-state index contributed by atoms with van der Waals surface area (Å²) in [4.78, 5) is 6.33. The Bertz CT molecular complexity index is 826. The molecular formula is C20H24N4S. The van der Waals surface area contributed by atoms with Crippen molar-refractivity contribution in [3.05, 3.63) is 63.4 Å². The monoisotopic (exact) mass is 352 g/mol. The van der Waals surface area contributed by atoms with E-state index < -0.39 is 0 Å². The van der Waals surface area contributed by atoms with Gasteiger partial charge in [-0.1, -0.05) is 18.2 Å². The normalized spacial score (nSPS) is 15.1. The largest absolute Gasteiger partial charge is 0.304 e. The van der Waals surface area contributed by atoms with Crippen LogP contribution in [0.2, 0.25) is 0 Å². The van der Waals surface area contributed by atoms with Gasteiger partial charge in [0.05, 0.1) is 17.6 Å². The van der Waals surface area contributed by atoms with E-state index in [9.17, 15) is 0 Å². The number of benzene rings is 1. The van der Waals surface area contributed by atoms with E-state index in [4.69, 9.17) is 4.98 Å². The number of para-hydroxylation sites is 1. The first kappa shape index (κ1) is 16.5. The SMILES string of the molecule is Cc1c(C(C)NCc2nc3c(s2)CCCC3)cnn1-c1ccccc1. The molecule has 4 nitrogen and oxygen atoms in total. The lowest BCUT2D eigenvalue weighted by Crippen LogP contribution is -2.18. The Morgan fingerprint density at radius 1 is 1.20 bits per heavy atom. The standard InChI is InChI=1S/C20H24N4S/c1-14(21-13-20-23-18-10-6-7-11-19(18)25-20)17-12-22-24(15(17)2)16-8-4-3-5-9-16/h3-5,8-9,12,14,21H,6-7,10-11,13H2,1-2H3. The van der Waals surface area contributed by atoms with Crippen LogP contribution in [0.1, 0.15) is 52.6 Å². The highest BCUT2D eigenvalue weighted by atomic mass is 32.1. The molecule has 1 atom stereocenters. The number of aromatic nitrogens is 3. The summed E-state index contributed by atoms with van der Waals surface area (Å²) in [6.45, 7) is 5.16. The third-order valence-corrected chi connectivity index (χ3v) is 6.12. The molecule has 25 heavy (non-hydrogen) atoms. The summed E-state index contributed by atoms with van der Waals surface area (Å²) in [5, 5.41) is 9.42. The molecular weight excluding hydrogens is 328 g/mol. The van der Waals surface area contributed by atoms with Crippen LogP contribution in [-0.4, -0.2) is 14.8 Å². The third kappa shape index (κ3) is 3.39. The molecule has 2 aromatic heterocycles. The molecule has 1 N–H and O–H groups in total. The minimum Gasteiger partial charge on any atom is -0.304 e. The van der Waals surface area contributed by atoms with Crippen molar-refractivity contribution in [2.24, 2.45) is 0 Å². The molecule has 5 heteroatoms. The smallest absolute Gasteiger partial charge is 0.107 e. The van der Waals surface area contributed by atoms with Gasteiger partial charge < -0.3 is 5.32 Å². The topological polar surface area (TPSA) is 42.7 Å². The van der Waals surface area contributed by atoms with Gasteiger partial charge >= 0.3 is 0 Å². The third-order valence-electron chi connectivity index (χ3n) is 4.96. The van der Waals surface area contributed by atoms with Crippen molar-refractivity contribution in [3.63, 3.8) is 0 Å². The van der Waals surface area contributed by atoms with Gasteiger partial charge in [0.25, 0.3) is 0 Å². The number of thiazole rings is 1. The van der Waals surface area contributed by atoms with Gasteiger partial charge in [0, 0.05) is 28.7 Å². The molecule has 0 aliphatic heterocycles. The van der Waals surface area contributed by atoms with Gasteiger partial charge in [-0.05, 0) is 51.7 Å². The fourth-order valence-electron chi connectivity index (χ4n) is 3.51. The quantitative estimate of drug-likeness (QED) is 0.741. The molecule has 1 aromatic carbocycles. The predicted molar refractivity (Wildman–Crippen MR) is 102 cm³/mol. The van der Waals surface area contributed by atoms with Crippen molar-refractivity contribution in [2.75, 3.05) is 0 Å². The molecule has 0 saturated carbocycles. The van der Waals surface area contributed by atoms with Crippen molar-refractivity contribution in [1.29, 1.82) is 0 Å². The molecule has 1 aliphatic carbocycles. The molecule has 4 rings (SSSR count). The van der Waals surface area contributed by atoms with Crippen LogP contribution in [0.15, 0.2) is 36.5 Å². The summed E-state index contributed by atoms with van der Waals surface area (Å²) in [7, 11) is 0. The van der Waals surface area contributed by atoms with E-state index in [2.05, 4.69) is 36.4 Å². The van der Waals surface area contributed by atoms with E-state index in [0.717, 1.165) is 18.7 Å². The summed E-state index contributed by atoms with van der Waals surface area (Å²) in [6.07, 6.45) is 6.96. The minimum absolute atomic E-state index is 0.249. The molecule has 2 heterocycles. The lowest BCUT2D eigenvalue weighted by molar-refractivity contribution is 0.568. The summed E-state index contributed by atoms with van der Waals surface area (Å²) < 4.78 is 2.01. The maximum Gasteiger partial charge on any atom is 0.107 e. The molecule has 1 unspecified atom stereocenters. The number of hydrogen-bond donors (Lipinski definition) is 1. The lowest BCUT2D eigenvalue weighted by atomic mass is 10.0. The van der Waals surface area contributed by atoms with Crippen LogP contribution in [-0.2, 0) is 19.4 Å². The number of aryl methyl sites for hydroxylation is 2. The van der Waals surface area contributed by atoms with Crippen molar-refractivity contribution in [3.8, 4) is 5.69 Å². The summed E-state index contributed by atoms with van der Waals surface area (Å²) in [5.41, 5.74) is 4.87. The van der Waals surface area contributed by atoms with Crippen LogP contribution in [0.4, 0.5) is 0 Å². The molecule has 0 spiro atoms. The van der Waals surface area contributed by atoms with Crippen LogP contribution < -0.4 is 5.32 Å². The maximum atomic E-state index is 4.83. The Kier molecular flexibility index (Phi) is 4.68. The molecule has 0 fully saturated rings. The molecule has 0 radical (unpaired) electrons. The summed E-state index contributed by atoms with van der Waals surface area (Å²) in [6, 6.07) is 10.5. The predicted octanol–water partition coefficient (Wildman–Crippen LogP) is 4.37. The first-order chi connectivity index (χ1) is 12.2. The number of hydrogen-bond acceptors (Lipinski definition) is 4. The van der Waals surface area contributed by atoms with E-state index in [0.29, 0.717) is 0 Å². The maximum absolute atomic E-state index is 4.83. The second-order valence-corrected chi connectivity index (χ2v) is 7.89. The van der Waals surface area contributed by atoms with Crippen LogP contribution in [0.3, 0.4) is 0 Å². The fraction of sp³-hybridized carbons (Fsp3) is 0.400. The summed E-state index contributed by atoms with van der Waals surface area (Å²) >= 11 is 1.88. The molecule has 1 aliphatic rings. The number of nitrogens with one attached hydrogen (secondary N) is 1. The highest BCUT2D eigenvalue weighted by molar-refractivity contribution is 7.11. The van der Waals surface area contributed by atoms with Crippen molar-refractivity contribution < 1.29 is 0 Å². The number of nitrogens with zero attached hydrogens (tertiary/aromatic N) is 3. The van der Waals surface area contributed by atoms with Gasteiger partial charge in [0.2, 0.25) is 0 Å². The van der Waals surface area contributed by atoms with Crippen LogP contribution in [0, 0.1) is 6.92 Å². The highest BCUT2D eigenvalue weighted by Gasteiger charge is 2.17. The highest BCUT2D eigenvalue weighted by Crippen LogP contribution is 2.27. The molecule has 0 saturated heterocycles. The van der Waals surface area contributed by atoms with E-state index >= 15 is 0 Å². The Balaban J connectivity index is 1.45. The Labute approximate surface area is 152 Å². The second kappa shape index (κ2) is 7.10. The zero-order valence-corrected chi connectivity index (χ0v) is 15.6. The van der Waals surface area contributed by atoms with Crippen molar-refractivity contribution >= 4 is 11.3 Å². The van der Waals surface area contributed by atoms with E-state index in [1.54, 1.807) is 0 Å². The first-order valence-corrected chi connectivity index (χ1v) is 9.85.